The summed E-state index contributed by atoms with van der Waals surface area (Å²) in [5, 5.41) is 22.8. The quantitative estimate of drug-likeness (QED) is 0.111. The van der Waals surface area contributed by atoms with E-state index < -0.39 is 39.7 Å². The molecule has 0 aliphatic carbocycles. The Morgan fingerprint density at radius 1 is 1.05 bits per heavy atom. The average Bonchev–Trinajstić information content (AvgIpc) is 3.51. The fraction of sp³-hybridized carbons (Fsp3) is 0.172. The number of nitrogens with zero attached hydrogens (tertiary/aromatic N) is 2. The molecule has 0 saturated carbocycles. The average molecular weight is 635 g/mol. The Morgan fingerprint density at radius 3 is 2.45 bits per heavy atom. The molecule has 2 aliphatic heterocycles. The predicted molar refractivity (Wildman–Crippen MR) is 161 cm³/mol. The second kappa shape index (κ2) is 11.5. The van der Waals surface area contributed by atoms with Gasteiger partial charge in [0.15, 0.2) is 18.1 Å². The molecule has 1 aromatic heterocycles. The van der Waals surface area contributed by atoms with Gasteiger partial charge in [0.25, 0.3) is 11.6 Å². The number of thioether (sulfide) groups is 1. The molecule has 2 aliphatic rings. The van der Waals surface area contributed by atoms with Crippen molar-refractivity contribution in [2.75, 3.05) is 23.9 Å². The van der Waals surface area contributed by atoms with E-state index in [1.165, 1.54) is 43.5 Å². The highest BCUT2D eigenvalue weighted by Crippen LogP contribution is 2.53. The van der Waals surface area contributed by atoms with Gasteiger partial charge in [-0.2, -0.15) is 0 Å². The van der Waals surface area contributed by atoms with Gasteiger partial charge < -0.3 is 24.9 Å². The van der Waals surface area contributed by atoms with Crippen LogP contribution < -0.4 is 24.6 Å². The van der Waals surface area contributed by atoms with Gasteiger partial charge in [-0.25, -0.2) is 4.90 Å². The number of methoxy groups -OCH3 is 1. The lowest BCUT2D eigenvalue weighted by molar-refractivity contribution is -0.384. The Balaban J connectivity index is 1.29. The van der Waals surface area contributed by atoms with Crippen LogP contribution >= 0.6 is 23.1 Å². The largest absolute Gasteiger partial charge is 0.508 e. The molecule has 3 N–H and O–H groups in total. The summed E-state index contributed by atoms with van der Waals surface area (Å²) in [6.07, 6.45) is 0. The summed E-state index contributed by atoms with van der Waals surface area (Å²) in [7, 11) is 1.42. The van der Waals surface area contributed by atoms with Gasteiger partial charge in [0.2, 0.25) is 11.8 Å². The Hall–Kier alpha value is -5.15. The first-order valence-corrected chi connectivity index (χ1v) is 14.8. The van der Waals surface area contributed by atoms with E-state index in [2.05, 4.69) is 10.3 Å². The number of phenolic OH excluding ortho intramolecular Hbond substituents is 1. The van der Waals surface area contributed by atoms with Gasteiger partial charge in [-0.05, 0) is 54.1 Å². The lowest BCUT2D eigenvalue weighted by atomic mass is 9.83. The van der Waals surface area contributed by atoms with E-state index >= 15 is 0 Å². The molecule has 6 rings (SSSR count). The number of anilines is 2. The number of non-ortho nitro benzene ring substituents is 1. The van der Waals surface area contributed by atoms with Crippen molar-refractivity contribution in [3.8, 4) is 17.2 Å². The molecule has 3 amide bonds. The van der Waals surface area contributed by atoms with Crippen LogP contribution in [0.5, 0.6) is 17.2 Å². The van der Waals surface area contributed by atoms with Crippen LogP contribution in [-0.4, -0.2) is 51.7 Å². The molecular formula is C29H22N4O9S2. The monoisotopic (exact) mass is 634 g/mol. The third-order valence-electron chi connectivity index (χ3n) is 7.20. The van der Waals surface area contributed by atoms with E-state index in [4.69, 9.17) is 9.47 Å². The van der Waals surface area contributed by atoms with Gasteiger partial charge in [-0.15, -0.1) is 0 Å². The van der Waals surface area contributed by atoms with Crippen molar-refractivity contribution in [2.24, 2.45) is 5.92 Å². The molecule has 2 unspecified atom stereocenters. The van der Waals surface area contributed by atoms with E-state index in [1.54, 1.807) is 30.3 Å². The minimum Gasteiger partial charge on any atom is -0.508 e. The smallest absolute Gasteiger partial charge is 0.305 e. The number of carbonyl (C=O) groups is 3. The number of hydrogen-bond donors (Lipinski definition) is 3. The molecule has 44 heavy (non-hydrogen) atoms. The number of amides is 3. The first-order chi connectivity index (χ1) is 21.1. The molecule has 1 fully saturated rings. The van der Waals surface area contributed by atoms with Crippen molar-refractivity contribution in [1.29, 1.82) is 0 Å². The van der Waals surface area contributed by atoms with Gasteiger partial charge in [0.05, 0.1) is 28.7 Å². The number of aromatic hydroxyl groups is 1. The van der Waals surface area contributed by atoms with E-state index in [9.17, 15) is 34.4 Å². The van der Waals surface area contributed by atoms with Crippen LogP contribution in [0.2, 0.25) is 0 Å². The maximum Gasteiger partial charge on any atom is 0.305 e. The summed E-state index contributed by atoms with van der Waals surface area (Å²) in [6, 6.07) is 16.0. The maximum atomic E-state index is 13.9. The molecule has 3 heterocycles. The van der Waals surface area contributed by atoms with Crippen LogP contribution in [0.25, 0.3) is 0 Å². The number of carbonyl (C=O) groups excluding carboxylic acids is 3. The van der Waals surface area contributed by atoms with Crippen molar-refractivity contribution < 1.29 is 33.9 Å². The van der Waals surface area contributed by atoms with Gasteiger partial charge in [-0.1, -0.05) is 29.2 Å². The lowest BCUT2D eigenvalue weighted by Crippen LogP contribution is -2.32. The molecule has 0 spiro atoms. The number of thiazole rings is 1. The van der Waals surface area contributed by atoms with Crippen molar-refractivity contribution >= 4 is 57.9 Å². The minimum atomic E-state index is -0.880. The molecule has 1 saturated heterocycles. The van der Waals surface area contributed by atoms with Crippen molar-refractivity contribution in [3.63, 3.8) is 0 Å². The van der Waals surface area contributed by atoms with E-state index in [-0.39, 0.29) is 40.1 Å². The van der Waals surface area contributed by atoms with Gasteiger partial charge in [0.1, 0.15) is 11.0 Å². The van der Waals surface area contributed by atoms with E-state index in [1.807, 2.05) is 0 Å². The van der Waals surface area contributed by atoms with Crippen LogP contribution in [-0.2, 0) is 14.4 Å². The highest BCUT2D eigenvalue weighted by molar-refractivity contribution is 8.00. The normalized spacial score (nSPS) is 18.8. The summed E-state index contributed by atoms with van der Waals surface area (Å²) >= 11 is 2.06. The van der Waals surface area contributed by atoms with Crippen molar-refractivity contribution in [3.05, 3.63) is 97.0 Å². The van der Waals surface area contributed by atoms with Crippen LogP contribution in [0.3, 0.4) is 0 Å². The number of aromatic amines is 1. The standard InChI is InChI=1S/C29H22N4O9S2/c1-41-20-12-14(2-11-19(20)42-13-21(35)30-15-3-9-18(34)10-4-15)22-23-25(43-26-24(22)44-29(38)31-26)28(37)32(27(23)36)16-5-7-17(8-6-16)33(39)40/h2-12,22-23,25,34H,13H2,1H3,(H,30,35)(H,31,38)/t22-,23?,25?/m1/s1. The molecule has 0 bridgehead atoms. The molecule has 224 valence electrons. The molecule has 13 nitrogen and oxygen atoms in total. The number of phenols is 1. The Labute approximate surface area is 256 Å². The number of ether oxygens (including phenoxy) is 2. The highest BCUT2D eigenvalue weighted by Gasteiger charge is 2.56. The SMILES string of the molecule is COc1cc([C@H]2c3sc(=O)[nH]c3SC3C(=O)N(c4ccc([N+](=O)[O-])cc4)C(=O)C32)ccc1OCC(=O)Nc1ccc(O)cc1. The Morgan fingerprint density at radius 2 is 1.77 bits per heavy atom. The first-order valence-electron chi connectivity index (χ1n) is 13.1. The number of H-pyrrole nitrogens is 1. The van der Waals surface area contributed by atoms with Crippen LogP contribution in [0.4, 0.5) is 17.1 Å². The molecule has 4 aromatic rings. The van der Waals surface area contributed by atoms with Crippen LogP contribution in [0.15, 0.2) is 76.6 Å². The first kappa shape index (κ1) is 28.9. The van der Waals surface area contributed by atoms with Crippen molar-refractivity contribution in [2.45, 2.75) is 16.2 Å². The van der Waals surface area contributed by atoms with E-state index in [0.717, 1.165) is 28.0 Å². The summed E-state index contributed by atoms with van der Waals surface area (Å²) in [5.41, 5.74) is 1.09. The summed E-state index contributed by atoms with van der Waals surface area (Å²) in [6.45, 7) is -0.345. The predicted octanol–water partition coefficient (Wildman–Crippen LogP) is 3.87. The molecular weight excluding hydrogens is 612 g/mol. The fourth-order valence-corrected chi connectivity index (χ4v) is 7.75. The third kappa shape index (κ3) is 5.26. The van der Waals surface area contributed by atoms with Crippen LogP contribution in [0.1, 0.15) is 16.4 Å². The number of hydrogen-bond acceptors (Lipinski definition) is 11. The maximum absolute atomic E-state index is 13.9. The minimum absolute atomic E-state index is 0.0636. The summed E-state index contributed by atoms with van der Waals surface area (Å²) in [5.74, 6) is -2.43. The molecule has 15 heteroatoms. The molecule has 3 aromatic carbocycles. The van der Waals surface area contributed by atoms with Gasteiger partial charge in [-0.3, -0.25) is 29.3 Å². The second-order valence-corrected chi connectivity index (χ2v) is 12.0. The summed E-state index contributed by atoms with van der Waals surface area (Å²) < 4.78 is 11.2. The zero-order valence-corrected chi connectivity index (χ0v) is 24.3. The zero-order valence-electron chi connectivity index (χ0n) is 22.7. The second-order valence-electron chi connectivity index (χ2n) is 9.83. The Bertz CT molecular complexity index is 1850. The zero-order chi connectivity index (χ0) is 31.1. The number of nitrogens with one attached hydrogen (secondary N) is 2. The van der Waals surface area contributed by atoms with E-state index in [0.29, 0.717) is 21.2 Å². The topological polar surface area (TPSA) is 181 Å². The number of benzene rings is 3. The number of nitro groups is 1. The number of aromatic nitrogens is 1. The number of nitro benzene ring substituents is 1. The van der Waals surface area contributed by atoms with Crippen molar-refractivity contribution in [1.82, 2.24) is 4.98 Å². The lowest BCUT2D eigenvalue weighted by Gasteiger charge is -2.30. The van der Waals surface area contributed by atoms with Gasteiger partial charge >= 0.3 is 4.87 Å². The van der Waals surface area contributed by atoms with Crippen LogP contribution in [0, 0.1) is 16.0 Å². The number of imide groups is 1. The Kier molecular flexibility index (Phi) is 7.57. The number of fused-ring (bicyclic) bond motifs is 2. The highest BCUT2D eigenvalue weighted by atomic mass is 32.2. The summed E-state index contributed by atoms with van der Waals surface area (Å²) in [4.78, 5) is 66.9. The molecule has 0 radical (unpaired) electrons. The number of rotatable bonds is 8. The molecule has 3 atom stereocenters. The third-order valence-corrected chi connectivity index (χ3v) is 9.60. The fourth-order valence-electron chi connectivity index (χ4n) is 5.24. The van der Waals surface area contributed by atoms with Gasteiger partial charge in [0, 0.05) is 28.6 Å².